The molecule has 1 unspecified atom stereocenters. The van der Waals surface area contributed by atoms with E-state index in [9.17, 15) is 10.4 Å². The summed E-state index contributed by atoms with van der Waals surface area (Å²) in [6, 6.07) is 15.5. The van der Waals surface area contributed by atoms with Crippen LogP contribution in [0.1, 0.15) is 29.7 Å². The molecule has 2 aromatic carbocycles. The van der Waals surface area contributed by atoms with Crippen LogP contribution in [-0.4, -0.2) is 53.3 Å². The number of halogens is 2. The van der Waals surface area contributed by atoms with Gasteiger partial charge >= 0.3 is 6.01 Å². The van der Waals surface area contributed by atoms with Gasteiger partial charge in [-0.3, -0.25) is 4.90 Å². The molecule has 7 nitrogen and oxygen atoms in total. The minimum atomic E-state index is -1.15. The molecule has 1 N–H and O–H groups in total. The van der Waals surface area contributed by atoms with Crippen LogP contribution >= 0.6 is 23.2 Å². The minimum absolute atomic E-state index is 0.0284. The predicted octanol–water partition coefficient (Wildman–Crippen LogP) is 4.43. The van der Waals surface area contributed by atoms with Crippen molar-refractivity contribution in [3.05, 3.63) is 81.6 Å². The van der Waals surface area contributed by atoms with Gasteiger partial charge < -0.3 is 14.7 Å². The molecular formula is C25H25Cl2N5O2. The Morgan fingerprint density at radius 3 is 2.47 bits per heavy atom. The van der Waals surface area contributed by atoms with Gasteiger partial charge in [0.05, 0.1) is 35.5 Å². The van der Waals surface area contributed by atoms with Crippen molar-refractivity contribution in [3.8, 4) is 12.1 Å². The average Bonchev–Trinajstić information content (AvgIpc) is 2.84. The van der Waals surface area contributed by atoms with Crippen LogP contribution in [0.2, 0.25) is 10.0 Å². The SMILES string of the molecule is COc1ncc([C@](C)(O)CN2CCN(c3ccc(C#N)cc3Cl)C(c3ccc(Cl)cc3)C2)cn1. The number of nitriles is 1. The molecule has 34 heavy (non-hydrogen) atoms. The van der Waals surface area contributed by atoms with Crippen molar-refractivity contribution in [2.24, 2.45) is 0 Å². The molecule has 176 valence electrons. The third-order valence-electron chi connectivity index (χ3n) is 6.07. The lowest BCUT2D eigenvalue weighted by molar-refractivity contribution is 0.00964. The van der Waals surface area contributed by atoms with Gasteiger partial charge in [0.1, 0.15) is 5.60 Å². The van der Waals surface area contributed by atoms with Gasteiger partial charge in [-0.1, -0.05) is 35.3 Å². The third-order valence-corrected chi connectivity index (χ3v) is 6.62. The Hall–Kier alpha value is -2.89. The number of nitrogens with zero attached hydrogens (tertiary/aromatic N) is 5. The molecule has 4 rings (SSSR count). The molecule has 1 aromatic heterocycles. The van der Waals surface area contributed by atoms with E-state index in [-0.39, 0.29) is 12.1 Å². The fourth-order valence-electron chi connectivity index (χ4n) is 4.28. The molecule has 0 aliphatic carbocycles. The Bertz CT molecular complexity index is 1180. The molecule has 3 aromatic rings. The summed E-state index contributed by atoms with van der Waals surface area (Å²) < 4.78 is 5.02. The highest BCUT2D eigenvalue weighted by Crippen LogP contribution is 2.37. The van der Waals surface area contributed by atoms with Gasteiger partial charge in [0.15, 0.2) is 0 Å². The van der Waals surface area contributed by atoms with Crippen molar-refractivity contribution in [1.29, 1.82) is 5.26 Å². The lowest BCUT2D eigenvalue weighted by Gasteiger charge is -2.45. The highest BCUT2D eigenvalue weighted by atomic mass is 35.5. The number of hydrogen-bond donors (Lipinski definition) is 1. The van der Waals surface area contributed by atoms with E-state index in [0.717, 1.165) is 11.3 Å². The molecular weight excluding hydrogens is 473 g/mol. The van der Waals surface area contributed by atoms with Crippen LogP contribution in [-0.2, 0) is 5.60 Å². The monoisotopic (exact) mass is 497 g/mol. The molecule has 2 atom stereocenters. The number of rotatable bonds is 6. The standard InChI is InChI=1S/C25H25Cl2N5O2/c1-25(33,19-13-29-24(34-2)30-14-19)16-31-9-10-32(22-8-3-17(12-28)11-21(22)27)23(15-31)18-4-6-20(26)7-5-18/h3-8,11,13-14,23,33H,9-10,15-16H2,1-2H3/t23?,25-/m1/s1. The van der Waals surface area contributed by atoms with Crippen molar-refractivity contribution >= 4 is 28.9 Å². The summed E-state index contributed by atoms with van der Waals surface area (Å²) in [6.07, 6.45) is 3.19. The zero-order valence-corrected chi connectivity index (χ0v) is 20.5. The van der Waals surface area contributed by atoms with Gasteiger partial charge in [-0.05, 0) is 42.8 Å². The van der Waals surface area contributed by atoms with E-state index in [1.165, 1.54) is 7.11 Å². The van der Waals surface area contributed by atoms with E-state index in [1.807, 2.05) is 30.3 Å². The fourth-order valence-corrected chi connectivity index (χ4v) is 4.69. The highest BCUT2D eigenvalue weighted by molar-refractivity contribution is 6.33. The van der Waals surface area contributed by atoms with E-state index in [4.69, 9.17) is 27.9 Å². The zero-order valence-electron chi connectivity index (χ0n) is 18.9. The number of benzene rings is 2. The summed E-state index contributed by atoms with van der Waals surface area (Å²) in [7, 11) is 1.50. The largest absolute Gasteiger partial charge is 0.467 e. The molecule has 0 spiro atoms. The Kier molecular flexibility index (Phi) is 7.24. The van der Waals surface area contributed by atoms with Crippen molar-refractivity contribution in [3.63, 3.8) is 0 Å². The second kappa shape index (κ2) is 10.2. The van der Waals surface area contributed by atoms with Crippen LogP contribution in [0, 0.1) is 11.3 Å². The first kappa shape index (κ1) is 24.2. The quantitative estimate of drug-likeness (QED) is 0.538. The van der Waals surface area contributed by atoms with Crippen molar-refractivity contribution in [1.82, 2.24) is 14.9 Å². The number of β-amino-alcohol motifs (C(OH)–C–C–N with tert-alkyl or cyclic N) is 1. The zero-order chi connectivity index (χ0) is 24.3. The van der Waals surface area contributed by atoms with E-state index < -0.39 is 5.60 Å². The predicted molar refractivity (Wildman–Crippen MR) is 132 cm³/mol. The average molecular weight is 498 g/mol. The first-order valence-electron chi connectivity index (χ1n) is 10.8. The molecule has 0 bridgehead atoms. The summed E-state index contributed by atoms with van der Waals surface area (Å²) in [5.41, 5.74) is 1.95. The van der Waals surface area contributed by atoms with E-state index >= 15 is 0 Å². The second-order valence-corrected chi connectivity index (χ2v) is 9.35. The molecule has 9 heteroatoms. The summed E-state index contributed by atoms with van der Waals surface area (Å²) in [5.74, 6) is 0. The maximum atomic E-state index is 11.2. The number of aliphatic hydroxyl groups is 1. The van der Waals surface area contributed by atoms with Gasteiger partial charge in [-0.25, -0.2) is 9.97 Å². The van der Waals surface area contributed by atoms with Gasteiger partial charge in [-0.15, -0.1) is 0 Å². The lowest BCUT2D eigenvalue weighted by Crippen LogP contribution is -2.52. The van der Waals surface area contributed by atoms with Crippen molar-refractivity contribution in [2.45, 2.75) is 18.6 Å². The number of piperazine rings is 1. The third kappa shape index (κ3) is 5.26. The number of ether oxygens (including phenoxy) is 1. The first-order chi connectivity index (χ1) is 16.3. The van der Waals surface area contributed by atoms with Crippen molar-refractivity contribution in [2.75, 3.05) is 38.2 Å². The van der Waals surface area contributed by atoms with Gasteiger partial charge in [0, 0.05) is 49.2 Å². The molecule has 2 heterocycles. The normalized spacial score (nSPS) is 18.2. The molecule has 1 saturated heterocycles. The maximum absolute atomic E-state index is 11.2. The van der Waals surface area contributed by atoms with Gasteiger partial charge in [0.2, 0.25) is 0 Å². The first-order valence-corrected chi connectivity index (χ1v) is 11.6. The summed E-state index contributed by atoms with van der Waals surface area (Å²) in [6.45, 7) is 4.23. The second-order valence-electron chi connectivity index (χ2n) is 8.51. The molecule has 0 amide bonds. The van der Waals surface area contributed by atoms with Crippen LogP contribution in [0.4, 0.5) is 5.69 Å². The number of anilines is 1. The topological polar surface area (TPSA) is 85.5 Å². The molecule has 1 fully saturated rings. The Morgan fingerprint density at radius 2 is 1.85 bits per heavy atom. The lowest BCUT2D eigenvalue weighted by atomic mass is 9.96. The van der Waals surface area contributed by atoms with Gasteiger partial charge in [-0.2, -0.15) is 5.26 Å². The van der Waals surface area contributed by atoms with E-state index in [1.54, 1.807) is 31.5 Å². The van der Waals surface area contributed by atoms with Crippen LogP contribution in [0.3, 0.4) is 0 Å². The molecule has 0 saturated carbocycles. The van der Waals surface area contributed by atoms with Crippen molar-refractivity contribution < 1.29 is 9.84 Å². The van der Waals surface area contributed by atoms with Crippen LogP contribution < -0.4 is 9.64 Å². The highest BCUT2D eigenvalue weighted by Gasteiger charge is 2.34. The molecule has 1 aliphatic heterocycles. The maximum Gasteiger partial charge on any atom is 0.316 e. The fraction of sp³-hybridized carbons (Fsp3) is 0.320. The molecule has 0 radical (unpaired) electrons. The summed E-state index contributed by atoms with van der Waals surface area (Å²) >= 11 is 12.7. The molecule has 1 aliphatic rings. The Morgan fingerprint density at radius 1 is 1.15 bits per heavy atom. The Balaban J connectivity index is 1.60. The number of hydrogen-bond acceptors (Lipinski definition) is 7. The summed E-state index contributed by atoms with van der Waals surface area (Å²) in [5, 5.41) is 21.6. The van der Waals surface area contributed by atoms with Crippen LogP contribution in [0.15, 0.2) is 54.9 Å². The van der Waals surface area contributed by atoms with Crippen LogP contribution in [0.5, 0.6) is 6.01 Å². The van der Waals surface area contributed by atoms with E-state index in [0.29, 0.717) is 47.4 Å². The number of methoxy groups -OCH3 is 1. The van der Waals surface area contributed by atoms with Crippen LogP contribution in [0.25, 0.3) is 0 Å². The van der Waals surface area contributed by atoms with Gasteiger partial charge in [0.25, 0.3) is 0 Å². The number of aromatic nitrogens is 2. The Labute approximate surface area is 209 Å². The smallest absolute Gasteiger partial charge is 0.316 e. The van der Waals surface area contributed by atoms with E-state index in [2.05, 4.69) is 25.8 Å². The summed E-state index contributed by atoms with van der Waals surface area (Å²) in [4.78, 5) is 12.7. The minimum Gasteiger partial charge on any atom is -0.467 e.